The van der Waals surface area contributed by atoms with E-state index in [1.165, 1.54) is 11.3 Å². The maximum Gasteiger partial charge on any atom is 0.209 e. The predicted octanol–water partition coefficient (Wildman–Crippen LogP) is 3.11. The SMILES string of the molecule is O=S(c1ccc(S(=O)c2n[nH]c(=S)s2)s1)c1n[nH]c(=S)s1. The van der Waals surface area contributed by atoms with Crippen LogP contribution in [-0.2, 0) is 21.6 Å². The number of rotatable bonds is 4. The number of aromatic amines is 2. The van der Waals surface area contributed by atoms with Gasteiger partial charge in [-0.2, -0.15) is 10.2 Å². The fourth-order valence-corrected chi connectivity index (χ4v) is 8.02. The maximum absolute atomic E-state index is 12.3. The number of aromatic nitrogens is 4. The smallest absolute Gasteiger partial charge is 0.209 e. The van der Waals surface area contributed by atoms with Gasteiger partial charge in [0.1, 0.15) is 21.6 Å². The summed E-state index contributed by atoms with van der Waals surface area (Å²) in [5.41, 5.74) is 0. The van der Waals surface area contributed by atoms with Crippen LogP contribution in [0.5, 0.6) is 0 Å². The highest BCUT2D eigenvalue weighted by Gasteiger charge is 2.18. The van der Waals surface area contributed by atoms with Gasteiger partial charge in [0, 0.05) is 0 Å². The van der Waals surface area contributed by atoms with Gasteiger partial charge >= 0.3 is 0 Å². The van der Waals surface area contributed by atoms with Crippen molar-refractivity contribution in [2.24, 2.45) is 0 Å². The normalized spacial score (nSPS) is 14.1. The van der Waals surface area contributed by atoms with Crippen LogP contribution in [-0.4, -0.2) is 28.8 Å². The molecule has 2 N–H and O–H groups in total. The molecule has 6 nitrogen and oxygen atoms in total. The van der Waals surface area contributed by atoms with Gasteiger partial charge in [-0.1, -0.05) is 22.7 Å². The van der Waals surface area contributed by atoms with Crippen molar-refractivity contribution in [3.05, 3.63) is 20.0 Å². The van der Waals surface area contributed by atoms with Crippen LogP contribution < -0.4 is 0 Å². The van der Waals surface area contributed by atoms with E-state index in [9.17, 15) is 8.42 Å². The minimum atomic E-state index is -1.42. The Morgan fingerprint density at radius 3 is 1.62 bits per heavy atom. The Labute approximate surface area is 145 Å². The zero-order chi connectivity index (χ0) is 15.0. The number of thiophene rings is 1. The molecule has 0 aliphatic heterocycles. The Kier molecular flexibility index (Phi) is 4.68. The average Bonchev–Trinajstić information content (AvgIpc) is 3.17. The summed E-state index contributed by atoms with van der Waals surface area (Å²) in [6.45, 7) is 0. The maximum atomic E-state index is 12.3. The van der Waals surface area contributed by atoms with E-state index >= 15 is 0 Å². The molecule has 3 aromatic heterocycles. The molecule has 3 heterocycles. The average molecular weight is 413 g/mol. The van der Waals surface area contributed by atoms with Gasteiger partial charge in [-0.25, -0.2) is 8.42 Å². The Balaban J connectivity index is 1.90. The van der Waals surface area contributed by atoms with E-state index in [4.69, 9.17) is 24.4 Å². The zero-order valence-corrected chi connectivity index (χ0v) is 15.4. The van der Waals surface area contributed by atoms with Crippen molar-refractivity contribution in [2.45, 2.75) is 17.1 Å². The van der Waals surface area contributed by atoms with Gasteiger partial charge in [0.15, 0.2) is 7.91 Å². The number of hydrogen-bond acceptors (Lipinski definition) is 9. The summed E-state index contributed by atoms with van der Waals surface area (Å²) in [5.74, 6) is 0. The summed E-state index contributed by atoms with van der Waals surface area (Å²) >= 11 is 13.3. The molecular formula is C8H4N4O2S7. The fraction of sp³-hybridized carbons (Fsp3) is 0. The Morgan fingerprint density at radius 2 is 1.29 bits per heavy atom. The number of nitrogens with zero attached hydrogens (tertiary/aromatic N) is 2. The molecule has 110 valence electrons. The molecule has 0 bridgehead atoms. The van der Waals surface area contributed by atoms with E-state index in [1.807, 2.05) is 0 Å². The molecular weight excluding hydrogens is 409 g/mol. The monoisotopic (exact) mass is 412 g/mol. The summed E-state index contributed by atoms with van der Waals surface area (Å²) in [7, 11) is -2.85. The first kappa shape index (κ1) is 15.5. The summed E-state index contributed by atoms with van der Waals surface area (Å²) in [6, 6.07) is 3.34. The largest absolute Gasteiger partial charge is 0.257 e. The summed E-state index contributed by atoms with van der Waals surface area (Å²) in [5, 5.41) is 13.0. The summed E-state index contributed by atoms with van der Waals surface area (Å²) in [6.07, 6.45) is 0. The lowest BCUT2D eigenvalue weighted by Gasteiger charge is -1.92. The first-order chi connectivity index (χ1) is 10.0. The van der Waals surface area contributed by atoms with Gasteiger partial charge in [0.25, 0.3) is 0 Å². The third-order valence-corrected chi connectivity index (χ3v) is 9.16. The molecule has 2 atom stereocenters. The Morgan fingerprint density at radius 1 is 0.857 bits per heavy atom. The molecule has 0 saturated heterocycles. The van der Waals surface area contributed by atoms with E-state index in [-0.39, 0.29) is 0 Å². The molecule has 0 aliphatic carbocycles. The molecule has 0 aromatic carbocycles. The lowest BCUT2D eigenvalue weighted by Crippen LogP contribution is -1.89. The van der Waals surface area contributed by atoms with E-state index in [0.29, 0.717) is 25.0 Å². The van der Waals surface area contributed by atoms with Crippen molar-refractivity contribution in [1.82, 2.24) is 20.4 Å². The van der Waals surface area contributed by atoms with Crippen LogP contribution in [0.25, 0.3) is 0 Å². The van der Waals surface area contributed by atoms with E-state index in [2.05, 4.69) is 20.4 Å². The lowest BCUT2D eigenvalue weighted by molar-refractivity contribution is 0.682. The molecule has 2 unspecified atom stereocenters. The minimum Gasteiger partial charge on any atom is -0.257 e. The van der Waals surface area contributed by atoms with Crippen LogP contribution in [0, 0.1) is 7.91 Å². The molecule has 0 radical (unpaired) electrons. The molecule has 0 aliphatic rings. The molecule has 0 spiro atoms. The highest BCUT2D eigenvalue weighted by Crippen LogP contribution is 2.30. The minimum absolute atomic E-state index is 0.398. The molecule has 21 heavy (non-hydrogen) atoms. The third-order valence-electron chi connectivity index (χ3n) is 2.08. The zero-order valence-electron chi connectivity index (χ0n) is 9.72. The van der Waals surface area contributed by atoms with Crippen LogP contribution in [0.2, 0.25) is 0 Å². The molecule has 0 saturated carbocycles. The van der Waals surface area contributed by atoms with Gasteiger partial charge < -0.3 is 0 Å². The molecule has 3 rings (SSSR count). The number of H-pyrrole nitrogens is 2. The summed E-state index contributed by atoms with van der Waals surface area (Å²) < 4.78 is 27.5. The second-order valence-corrected chi connectivity index (χ2v) is 11.5. The number of nitrogens with one attached hydrogen (secondary N) is 2. The number of hydrogen-bond donors (Lipinski definition) is 2. The highest BCUT2D eigenvalue weighted by molar-refractivity contribution is 7.92. The molecule has 3 aromatic rings. The van der Waals surface area contributed by atoms with Gasteiger partial charge in [-0.15, -0.1) is 11.3 Å². The standard InChI is InChI=1S/C8H4N4O2S7/c13-20(7-11-9-5(15)18-7)3-1-2-4(17-3)21(14)8-12-10-6(16)19-8/h1-2H,(H,9,15)(H,10,16). The first-order valence-electron chi connectivity index (χ1n) is 5.09. The lowest BCUT2D eigenvalue weighted by atomic mass is 10.7. The predicted molar refractivity (Wildman–Crippen MR) is 88.3 cm³/mol. The van der Waals surface area contributed by atoms with Crippen molar-refractivity contribution in [1.29, 1.82) is 0 Å². The second-order valence-electron chi connectivity index (χ2n) is 3.37. The Hall–Kier alpha value is -0.440. The van der Waals surface area contributed by atoms with Crippen molar-refractivity contribution < 1.29 is 8.42 Å². The van der Waals surface area contributed by atoms with Crippen LogP contribution in [0.3, 0.4) is 0 Å². The second kappa shape index (κ2) is 6.36. The summed E-state index contributed by atoms with van der Waals surface area (Å²) in [4.78, 5) is 0. The van der Waals surface area contributed by atoms with E-state index in [0.717, 1.165) is 22.7 Å². The fourth-order valence-electron chi connectivity index (χ4n) is 1.27. The van der Waals surface area contributed by atoms with Crippen molar-refractivity contribution in [3.8, 4) is 0 Å². The van der Waals surface area contributed by atoms with Gasteiger partial charge in [0.2, 0.25) is 8.68 Å². The van der Waals surface area contributed by atoms with Crippen LogP contribution >= 0.6 is 58.4 Å². The van der Waals surface area contributed by atoms with Gasteiger partial charge in [-0.05, 0) is 36.6 Å². The Bertz CT molecular complexity index is 869. The van der Waals surface area contributed by atoms with E-state index in [1.54, 1.807) is 12.1 Å². The quantitative estimate of drug-likeness (QED) is 0.640. The molecule has 0 fully saturated rings. The van der Waals surface area contributed by atoms with Crippen molar-refractivity contribution in [3.63, 3.8) is 0 Å². The highest BCUT2D eigenvalue weighted by atomic mass is 32.2. The topological polar surface area (TPSA) is 91.5 Å². The van der Waals surface area contributed by atoms with Crippen molar-refractivity contribution in [2.75, 3.05) is 0 Å². The molecule has 13 heteroatoms. The van der Waals surface area contributed by atoms with Crippen molar-refractivity contribution >= 4 is 80.0 Å². The van der Waals surface area contributed by atoms with E-state index < -0.39 is 21.6 Å². The third kappa shape index (κ3) is 3.33. The first-order valence-corrected chi connectivity index (χ1v) is 10.7. The van der Waals surface area contributed by atoms with Gasteiger partial charge in [0.05, 0.1) is 8.42 Å². The van der Waals surface area contributed by atoms with Crippen LogP contribution in [0.1, 0.15) is 0 Å². The molecule has 0 amide bonds. The van der Waals surface area contributed by atoms with Crippen LogP contribution in [0.4, 0.5) is 0 Å². The van der Waals surface area contributed by atoms with Crippen LogP contribution in [0.15, 0.2) is 29.2 Å². The van der Waals surface area contributed by atoms with Gasteiger partial charge in [-0.3, -0.25) is 10.2 Å².